The average molecular weight is 160 g/mol. The predicted molar refractivity (Wildman–Crippen MR) is 27.7 cm³/mol. The van der Waals surface area contributed by atoms with Crippen LogP contribution in [0.15, 0.2) is 0 Å². The predicted octanol–water partition coefficient (Wildman–Crippen LogP) is 1.70. The molecule has 0 radical (unpaired) electrons. The third-order valence-corrected chi connectivity index (χ3v) is 1.01. The van der Waals surface area contributed by atoms with Crippen molar-refractivity contribution in [1.29, 1.82) is 0 Å². The normalized spacial score (nSPS) is 11.9. The summed E-state index contributed by atoms with van der Waals surface area (Å²) in [5.41, 5.74) is 0. The first-order chi connectivity index (χ1) is 4.06. The number of hydrogen-bond acceptors (Lipinski definition) is 3. The molecule has 0 unspecified atom stereocenters. The monoisotopic (exact) mass is 160 g/mol. The number of ether oxygens (including phenoxy) is 1. The summed E-state index contributed by atoms with van der Waals surface area (Å²) in [6.45, 7) is -0.307. The Balaban J connectivity index is 3.18. The Morgan fingerprint density at radius 1 is 1.44 bits per heavy atom. The van der Waals surface area contributed by atoms with E-state index in [-0.39, 0.29) is 13.2 Å². The molecule has 0 fully saturated rings. The maximum absolute atomic E-state index is 11.3. The van der Waals surface area contributed by atoms with Crippen LogP contribution >= 0.6 is 7.99 Å². The summed E-state index contributed by atoms with van der Waals surface area (Å²) in [4.78, 5) is 0. The van der Waals surface area contributed by atoms with E-state index in [1.165, 1.54) is 7.11 Å². The molecule has 0 aromatic carbocycles. The van der Waals surface area contributed by atoms with Crippen molar-refractivity contribution in [3.63, 3.8) is 0 Å². The lowest BCUT2D eigenvalue weighted by molar-refractivity contribution is 0.136. The molecular weight excluding hydrogens is 153 g/mol. The third-order valence-electron chi connectivity index (χ3n) is 0.529. The Hall–Kier alpha value is 0.01000. The van der Waals surface area contributed by atoms with Crippen molar-refractivity contribution >= 4 is 7.99 Å². The highest BCUT2D eigenvalue weighted by Gasteiger charge is 2.19. The van der Waals surface area contributed by atoms with Crippen molar-refractivity contribution in [1.82, 2.24) is 0 Å². The van der Waals surface area contributed by atoms with Crippen molar-refractivity contribution in [2.75, 3.05) is 20.3 Å². The Bertz CT molecular complexity index is 112. The molecule has 0 bridgehead atoms. The molecule has 6 heteroatoms. The Morgan fingerprint density at radius 3 is 2.33 bits per heavy atom. The summed E-state index contributed by atoms with van der Waals surface area (Å²) in [6, 6.07) is 0. The summed E-state index contributed by atoms with van der Waals surface area (Å²) >= 11 is 0. The van der Waals surface area contributed by atoms with Gasteiger partial charge < -0.3 is 4.74 Å². The van der Waals surface area contributed by atoms with Gasteiger partial charge >= 0.3 is 7.99 Å². The van der Waals surface area contributed by atoms with E-state index in [9.17, 15) is 13.0 Å². The minimum atomic E-state index is -5.28. The van der Waals surface area contributed by atoms with Gasteiger partial charge in [-0.1, -0.05) is 0 Å². The molecule has 56 valence electrons. The molecule has 0 atom stereocenters. The second-order valence-electron chi connectivity index (χ2n) is 1.24. The van der Waals surface area contributed by atoms with Crippen LogP contribution in [0.5, 0.6) is 0 Å². The molecule has 9 heavy (non-hydrogen) atoms. The molecule has 0 spiro atoms. The lowest BCUT2D eigenvalue weighted by Gasteiger charge is -1.98. The van der Waals surface area contributed by atoms with Crippen LogP contribution < -0.4 is 0 Å². The quantitative estimate of drug-likeness (QED) is 0.463. The fraction of sp³-hybridized carbons (Fsp3) is 1.00. The Morgan fingerprint density at radius 2 is 2.00 bits per heavy atom. The van der Waals surface area contributed by atoms with Crippen LogP contribution in [0.4, 0.5) is 8.39 Å². The standard InChI is InChI=1S/C3H7F2O3P/c1-7-2-3-8-9(4,5)6/h2-3H2,1H3. The van der Waals surface area contributed by atoms with Crippen LogP contribution in [0.1, 0.15) is 0 Å². The molecule has 0 N–H and O–H groups in total. The summed E-state index contributed by atoms with van der Waals surface area (Å²) in [6.07, 6.45) is 0. The fourth-order valence-electron chi connectivity index (χ4n) is 0.227. The Kier molecular flexibility index (Phi) is 3.93. The van der Waals surface area contributed by atoms with Gasteiger partial charge in [-0.15, -0.1) is 8.39 Å². The second kappa shape index (κ2) is 3.93. The average Bonchev–Trinajstić information content (AvgIpc) is 1.63. The van der Waals surface area contributed by atoms with E-state index < -0.39 is 7.99 Å². The maximum atomic E-state index is 11.3. The van der Waals surface area contributed by atoms with E-state index in [2.05, 4.69) is 9.26 Å². The molecule has 0 saturated heterocycles. The fourth-order valence-corrected chi connectivity index (χ4v) is 0.514. The number of methoxy groups -OCH3 is 1. The van der Waals surface area contributed by atoms with Gasteiger partial charge in [0.05, 0.1) is 13.2 Å². The molecule has 0 aliphatic heterocycles. The molecule has 0 aromatic rings. The first-order valence-electron chi connectivity index (χ1n) is 2.19. The molecule has 0 aliphatic rings. The molecule has 3 nitrogen and oxygen atoms in total. The van der Waals surface area contributed by atoms with Crippen LogP contribution in [-0.4, -0.2) is 20.3 Å². The first kappa shape index (κ1) is 9.01. The summed E-state index contributed by atoms with van der Waals surface area (Å²) in [5.74, 6) is 0. The molecule has 0 amide bonds. The number of halogens is 2. The van der Waals surface area contributed by atoms with Gasteiger partial charge in [-0.2, -0.15) is 0 Å². The van der Waals surface area contributed by atoms with Crippen LogP contribution in [-0.2, 0) is 13.8 Å². The minimum absolute atomic E-state index is 0.0256. The van der Waals surface area contributed by atoms with Crippen LogP contribution in [0.25, 0.3) is 0 Å². The van der Waals surface area contributed by atoms with Gasteiger partial charge in [-0.25, -0.2) is 4.57 Å². The molecule has 0 rings (SSSR count). The van der Waals surface area contributed by atoms with E-state index in [1.54, 1.807) is 0 Å². The largest absolute Gasteiger partial charge is 0.552 e. The summed E-state index contributed by atoms with van der Waals surface area (Å²) in [7, 11) is -3.94. The van der Waals surface area contributed by atoms with Gasteiger partial charge in [0.1, 0.15) is 0 Å². The highest BCUT2D eigenvalue weighted by molar-refractivity contribution is 7.47. The smallest absolute Gasteiger partial charge is 0.382 e. The lowest BCUT2D eigenvalue weighted by Crippen LogP contribution is -1.96. The van der Waals surface area contributed by atoms with Crippen molar-refractivity contribution < 1.29 is 22.2 Å². The molecule has 0 aromatic heterocycles. The summed E-state index contributed by atoms with van der Waals surface area (Å²) < 4.78 is 40.0. The van der Waals surface area contributed by atoms with Gasteiger partial charge in [0.25, 0.3) is 0 Å². The van der Waals surface area contributed by atoms with Gasteiger partial charge in [-0.3, -0.25) is 4.52 Å². The SMILES string of the molecule is COCCOP(=O)(F)F. The van der Waals surface area contributed by atoms with Gasteiger partial charge in [-0.05, 0) is 0 Å². The molecule has 0 saturated carbocycles. The zero-order chi connectivity index (χ0) is 7.33. The van der Waals surface area contributed by atoms with Gasteiger partial charge in [0.15, 0.2) is 0 Å². The third kappa shape index (κ3) is 8.01. The van der Waals surface area contributed by atoms with E-state index in [1.807, 2.05) is 0 Å². The van der Waals surface area contributed by atoms with Crippen LogP contribution in [0, 0.1) is 0 Å². The minimum Gasteiger partial charge on any atom is -0.382 e. The van der Waals surface area contributed by atoms with Gasteiger partial charge in [0, 0.05) is 7.11 Å². The Labute approximate surface area is 51.6 Å². The van der Waals surface area contributed by atoms with Crippen molar-refractivity contribution in [3.05, 3.63) is 0 Å². The summed E-state index contributed by atoms with van der Waals surface area (Å²) in [5, 5.41) is 0. The van der Waals surface area contributed by atoms with Crippen LogP contribution in [0.2, 0.25) is 0 Å². The van der Waals surface area contributed by atoms with Crippen LogP contribution in [0.3, 0.4) is 0 Å². The van der Waals surface area contributed by atoms with Gasteiger partial charge in [0.2, 0.25) is 0 Å². The molecular formula is C3H7F2O3P. The number of hydrogen-bond donors (Lipinski definition) is 0. The zero-order valence-corrected chi connectivity index (χ0v) is 5.74. The van der Waals surface area contributed by atoms with Crippen molar-refractivity contribution in [2.45, 2.75) is 0 Å². The van der Waals surface area contributed by atoms with E-state index in [0.29, 0.717) is 0 Å². The molecule has 0 heterocycles. The first-order valence-corrected chi connectivity index (χ1v) is 3.60. The highest BCUT2D eigenvalue weighted by atomic mass is 31.2. The zero-order valence-electron chi connectivity index (χ0n) is 4.84. The molecule has 0 aliphatic carbocycles. The maximum Gasteiger partial charge on any atom is 0.552 e. The number of rotatable bonds is 4. The van der Waals surface area contributed by atoms with E-state index in [4.69, 9.17) is 0 Å². The topological polar surface area (TPSA) is 35.5 Å². The van der Waals surface area contributed by atoms with E-state index in [0.717, 1.165) is 0 Å². The van der Waals surface area contributed by atoms with Crippen molar-refractivity contribution in [2.24, 2.45) is 0 Å². The lowest BCUT2D eigenvalue weighted by atomic mass is 10.8. The second-order valence-corrected chi connectivity index (χ2v) is 2.33. The highest BCUT2D eigenvalue weighted by Crippen LogP contribution is 2.49. The van der Waals surface area contributed by atoms with E-state index >= 15 is 0 Å². The van der Waals surface area contributed by atoms with Crippen molar-refractivity contribution in [3.8, 4) is 0 Å².